The molecule has 0 radical (unpaired) electrons. The lowest BCUT2D eigenvalue weighted by Gasteiger charge is -2.20. The molecular formula is C12H20N2O. The maximum Gasteiger partial charge on any atom is 0.131 e. The van der Waals surface area contributed by atoms with Crippen molar-refractivity contribution in [2.75, 3.05) is 18.5 Å². The van der Waals surface area contributed by atoms with Gasteiger partial charge in [0.25, 0.3) is 0 Å². The van der Waals surface area contributed by atoms with Crippen LogP contribution < -0.4 is 4.90 Å². The Kier molecular flexibility index (Phi) is 4.56. The molecule has 3 heteroatoms. The van der Waals surface area contributed by atoms with Crippen LogP contribution in [0.1, 0.15) is 30.9 Å². The largest absolute Gasteiger partial charge is 0.392 e. The maximum absolute atomic E-state index is 8.98. The van der Waals surface area contributed by atoms with Gasteiger partial charge in [0, 0.05) is 19.8 Å². The minimum Gasteiger partial charge on any atom is -0.392 e. The molecule has 1 N–H and O–H groups in total. The van der Waals surface area contributed by atoms with Crippen molar-refractivity contribution in [3.8, 4) is 0 Å². The van der Waals surface area contributed by atoms with Gasteiger partial charge in [0.2, 0.25) is 0 Å². The summed E-state index contributed by atoms with van der Waals surface area (Å²) in [6, 6.07) is 1.99. The van der Waals surface area contributed by atoms with E-state index in [1.54, 1.807) is 6.20 Å². The molecule has 84 valence electrons. The highest BCUT2D eigenvalue weighted by molar-refractivity contribution is 5.46. The zero-order valence-corrected chi connectivity index (χ0v) is 9.82. The molecule has 0 aliphatic rings. The predicted octanol–water partition coefficient (Wildman–Crippen LogP) is 2.12. The first-order valence-corrected chi connectivity index (χ1v) is 5.46. The Balaban J connectivity index is 2.76. The Hall–Kier alpha value is -1.09. The normalized spacial score (nSPS) is 10.4. The molecule has 0 saturated heterocycles. The van der Waals surface area contributed by atoms with Gasteiger partial charge >= 0.3 is 0 Å². The molecule has 0 saturated carbocycles. The van der Waals surface area contributed by atoms with E-state index < -0.39 is 0 Å². The highest BCUT2D eigenvalue weighted by Gasteiger charge is 2.06. The second-order valence-electron chi connectivity index (χ2n) is 3.92. The fraction of sp³-hybridized carbons (Fsp3) is 0.583. The van der Waals surface area contributed by atoms with Crippen molar-refractivity contribution in [1.82, 2.24) is 4.98 Å². The molecule has 0 amide bonds. The van der Waals surface area contributed by atoms with Gasteiger partial charge in [-0.05, 0) is 30.5 Å². The zero-order valence-electron chi connectivity index (χ0n) is 9.82. The number of nitrogens with zero attached hydrogens (tertiary/aromatic N) is 2. The number of hydrogen-bond donors (Lipinski definition) is 1. The van der Waals surface area contributed by atoms with Crippen LogP contribution in [0, 0.1) is 6.92 Å². The van der Waals surface area contributed by atoms with E-state index in [9.17, 15) is 0 Å². The summed E-state index contributed by atoms with van der Waals surface area (Å²) in [5.41, 5.74) is 2.00. The number of anilines is 1. The molecule has 0 unspecified atom stereocenters. The van der Waals surface area contributed by atoms with Crippen LogP contribution in [0.2, 0.25) is 0 Å². The first-order chi connectivity index (χ1) is 7.19. The highest BCUT2D eigenvalue weighted by Crippen LogP contribution is 2.16. The lowest BCUT2D eigenvalue weighted by Crippen LogP contribution is -2.20. The smallest absolute Gasteiger partial charge is 0.131 e. The average molecular weight is 208 g/mol. The van der Waals surface area contributed by atoms with Gasteiger partial charge in [0.1, 0.15) is 5.82 Å². The Labute approximate surface area is 91.8 Å². The van der Waals surface area contributed by atoms with E-state index in [4.69, 9.17) is 5.11 Å². The molecule has 1 aromatic heterocycles. The summed E-state index contributed by atoms with van der Waals surface area (Å²) in [6.45, 7) is 5.31. The van der Waals surface area contributed by atoms with E-state index >= 15 is 0 Å². The number of rotatable bonds is 5. The standard InChI is InChI=1S/C12H20N2O/c1-4-5-6-14(3)12-10(2)7-11(9-15)8-13-12/h7-8,15H,4-6,9H2,1-3H3. The zero-order chi connectivity index (χ0) is 11.3. The van der Waals surface area contributed by atoms with Crippen molar-refractivity contribution < 1.29 is 5.11 Å². The number of aliphatic hydroxyl groups is 1. The van der Waals surface area contributed by atoms with Crippen LogP contribution in [-0.4, -0.2) is 23.7 Å². The van der Waals surface area contributed by atoms with Gasteiger partial charge in [0.05, 0.1) is 6.61 Å². The number of pyridine rings is 1. The molecular weight excluding hydrogens is 188 g/mol. The molecule has 0 atom stereocenters. The molecule has 1 aromatic rings. The molecule has 3 nitrogen and oxygen atoms in total. The summed E-state index contributed by atoms with van der Waals surface area (Å²) >= 11 is 0. The van der Waals surface area contributed by atoms with Crippen molar-refractivity contribution in [3.05, 3.63) is 23.4 Å². The van der Waals surface area contributed by atoms with Gasteiger partial charge in [-0.1, -0.05) is 13.3 Å². The average Bonchev–Trinajstić information content (AvgIpc) is 2.25. The van der Waals surface area contributed by atoms with E-state index in [1.807, 2.05) is 13.0 Å². The van der Waals surface area contributed by atoms with E-state index in [2.05, 4.69) is 23.9 Å². The molecule has 0 aromatic carbocycles. The van der Waals surface area contributed by atoms with E-state index in [-0.39, 0.29) is 6.61 Å². The molecule has 1 heterocycles. The van der Waals surface area contributed by atoms with Crippen LogP contribution >= 0.6 is 0 Å². The topological polar surface area (TPSA) is 36.4 Å². The minimum absolute atomic E-state index is 0.0623. The van der Waals surface area contributed by atoms with Gasteiger partial charge in [0.15, 0.2) is 0 Å². The molecule has 15 heavy (non-hydrogen) atoms. The number of aromatic nitrogens is 1. The fourth-order valence-electron chi connectivity index (χ4n) is 1.61. The lowest BCUT2D eigenvalue weighted by atomic mass is 10.2. The van der Waals surface area contributed by atoms with Crippen molar-refractivity contribution in [3.63, 3.8) is 0 Å². The van der Waals surface area contributed by atoms with Crippen LogP contribution in [0.15, 0.2) is 12.3 Å². The number of hydrogen-bond acceptors (Lipinski definition) is 3. The maximum atomic E-state index is 8.98. The van der Waals surface area contributed by atoms with E-state index in [1.165, 1.54) is 12.8 Å². The van der Waals surface area contributed by atoms with Crippen LogP contribution in [0.4, 0.5) is 5.82 Å². The summed E-state index contributed by atoms with van der Waals surface area (Å²) in [5.74, 6) is 1.01. The Morgan fingerprint density at radius 3 is 2.73 bits per heavy atom. The summed E-state index contributed by atoms with van der Waals surface area (Å²) in [7, 11) is 2.06. The van der Waals surface area contributed by atoms with Crippen molar-refractivity contribution in [1.29, 1.82) is 0 Å². The summed E-state index contributed by atoms with van der Waals surface area (Å²) in [4.78, 5) is 6.53. The van der Waals surface area contributed by atoms with Crippen molar-refractivity contribution in [2.45, 2.75) is 33.3 Å². The van der Waals surface area contributed by atoms with Gasteiger partial charge in [-0.25, -0.2) is 4.98 Å². The molecule has 0 bridgehead atoms. The third-order valence-corrected chi connectivity index (χ3v) is 2.50. The van der Waals surface area contributed by atoms with Gasteiger partial charge in [-0.3, -0.25) is 0 Å². The second kappa shape index (κ2) is 5.71. The molecule has 0 fully saturated rings. The molecule has 1 rings (SSSR count). The Morgan fingerprint density at radius 1 is 1.47 bits per heavy atom. The number of unbranched alkanes of at least 4 members (excludes halogenated alkanes) is 1. The monoisotopic (exact) mass is 208 g/mol. The van der Waals surface area contributed by atoms with Crippen LogP contribution in [0.5, 0.6) is 0 Å². The van der Waals surface area contributed by atoms with Gasteiger partial charge in [-0.2, -0.15) is 0 Å². The van der Waals surface area contributed by atoms with Crippen LogP contribution in [0.3, 0.4) is 0 Å². The molecule has 0 spiro atoms. The third kappa shape index (κ3) is 3.20. The van der Waals surface area contributed by atoms with Crippen molar-refractivity contribution >= 4 is 5.82 Å². The Bertz CT molecular complexity index is 312. The highest BCUT2D eigenvalue weighted by atomic mass is 16.3. The summed E-state index contributed by atoms with van der Waals surface area (Å²) < 4.78 is 0. The van der Waals surface area contributed by atoms with E-state index in [0.717, 1.165) is 23.5 Å². The van der Waals surface area contributed by atoms with Crippen LogP contribution in [0.25, 0.3) is 0 Å². The number of aliphatic hydroxyl groups excluding tert-OH is 1. The van der Waals surface area contributed by atoms with Gasteiger partial charge in [-0.15, -0.1) is 0 Å². The Morgan fingerprint density at radius 2 is 2.20 bits per heavy atom. The molecule has 0 aliphatic heterocycles. The first-order valence-electron chi connectivity index (χ1n) is 5.46. The molecule has 0 aliphatic carbocycles. The predicted molar refractivity (Wildman–Crippen MR) is 63.1 cm³/mol. The SMILES string of the molecule is CCCCN(C)c1ncc(CO)cc1C. The summed E-state index contributed by atoms with van der Waals surface area (Å²) in [5, 5.41) is 8.98. The van der Waals surface area contributed by atoms with Crippen LogP contribution in [-0.2, 0) is 6.61 Å². The second-order valence-corrected chi connectivity index (χ2v) is 3.92. The quantitative estimate of drug-likeness (QED) is 0.805. The van der Waals surface area contributed by atoms with Gasteiger partial charge < -0.3 is 10.0 Å². The number of aryl methyl sites for hydroxylation is 1. The van der Waals surface area contributed by atoms with E-state index in [0.29, 0.717) is 0 Å². The fourth-order valence-corrected chi connectivity index (χ4v) is 1.61. The third-order valence-electron chi connectivity index (χ3n) is 2.50. The minimum atomic E-state index is 0.0623. The summed E-state index contributed by atoms with van der Waals surface area (Å²) in [6.07, 6.45) is 4.11. The van der Waals surface area contributed by atoms with Crippen molar-refractivity contribution in [2.24, 2.45) is 0 Å². The first kappa shape index (κ1) is 12.0. The lowest BCUT2D eigenvalue weighted by molar-refractivity contribution is 0.281.